The maximum atomic E-state index is 5.37. The minimum Gasteiger partial charge on any atom is -0.493 e. The van der Waals surface area contributed by atoms with Crippen LogP contribution in [0.5, 0.6) is 11.5 Å². The van der Waals surface area contributed by atoms with Crippen molar-refractivity contribution in [2.45, 2.75) is 11.8 Å². The Morgan fingerprint density at radius 2 is 1.50 bits per heavy atom. The quantitative estimate of drug-likeness (QED) is 0.653. The third kappa shape index (κ3) is 3.18. The second-order valence-electron chi connectivity index (χ2n) is 4.50. The Balaban J connectivity index is 2.43. The second kappa shape index (κ2) is 6.64. The van der Waals surface area contributed by atoms with Gasteiger partial charge < -0.3 is 9.47 Å². The molecule has 2 nitrogen and oxygen atoms in total. The average molecular weight is 400 g/mol. The number of rotatable bonds is 4. The first-order chi connectivity index (χ1) is 9.56. The van der Waals surface area contributed by atoms with E-state index in [1.54, 1.807) is 14.2 Å². The highest BCUT2D eigenvalue weighted by Crippen LogP contribution is 2.41. The molecule has 2 rings (SSSR count). The van der Waals surface area contributed by atoms with Crippen LogP contribution in [0.1, 0.15) is 21.5 Å². The predicted octanol–water partition coefficient (Wildman–Crippen LogP) is 5.26. The molecule has 106 valence electrons. The van der Waals surface area contributed by atoms with Gasteiger partial charge >= 0.3 is 0 Å². The van der Waals surface area contributed by atoms with Gasteiger partial charge in [-0.15, -0.1) is 0 Å². The average Bonchev–Trinajstić information content (AvgIpc) is 2.47. The molecule has 1 unspecified atom stereocenters. The zero-order valence-corrected chi connectivity index (χ0v) is 14.8. The number of aryl methyl sites for hydroxylation is 1. The van der Waals surface area contributed by atoms with E-state index < -0.39 is 0 Å². The number of ether oxygens (including phenoxy) is 2. The van der Waals surface area contributed by atoms with E-state index in [9.17, 15) is 0 Å². The first-order valence-electron chi connectivity index (χ1n) is 6.19. The van der Waals surface area contributed by atoms with Gasteiger partial charge in [-0.2, -0.15) is 0 Å². The van der Waals surface area contributed by atoms with Crippen LogP contribution < -0.4 is 9.47 Å². The molecule has 2 aromatic carbocycles. The lowest BCUT2D eigenvalue weighted by Gasteiger charge is -2.16. The van der Waals surface area contributed by atoms with Gasteiger partial charge in [0, 0.05) is 4.47 Å². The van der Waals surface area contributed by atoms with Crippen LogP contribution in [-0.4, -0.2) is 14.2 Å². The van der Waals surface area contributed by atoms with E-state index in [1.165, 1.54) is 11.1 Å². The molecule has 0 radical (unpaired) electrons. The summed E-state index contributed by atoms with van der Waals surface area (Å²) in [4.78, 5) is 0.0947. The summed E-state index contributed by atoms with van der Waals surface area (Å²) >= 11 is 7.35. The number of halogens is 2. The number of benzene rings is 2. The van der Waals surface area contributed by atoms with Crippen molar-refractivity contribution in [3.63, 3.8) is 0 Å². The molecule has 4 heteroatoms. The molecule has 0 saturated carbocycles. The molecule has 0 aromatic heterocycles. The Morgan fingerprint density at radius 3 is 2.05 bits per heavy atom. The Morgan fingerprint density at radius 1 is 0.950 bits per heavy atom. The highest BCUT2D eigenvalue weighted by Gasteiger charge is 2.17. The van der Waals surface area contributed by atoms with E-state index in [0.29, 0.717) is 5.75 Å². The molecule has 1 atom stereocenters. The Bertz CT molecular complexity index is 594. The normalized spacial score (nSPS) is 12.1. The Hall–Kier alpha value is -1.00. The molecular formula is C16H16Br2O2. The summed E-state index contributed by atoms with van der Waals surface area (Å²) in [6, 6.07) is 12.4. The van der Waals surface area contributed by atoms with E-state index in [0.717, 1.165) is 15.8 Å². The lowest BCUT2D eigenvalue weighted by Crippen LogP contribution is -1.98. The summed E-state index contributed by atoms with van der Waals surface area (Å²) in [7, 11) is 3.28. The van der Waals surface area contributed by atoms with Crippen molar-refractivity contribution in [3.8, 4) is 11.5 Å². The van der Waals surface area contributed by atoms with Crippen LogP contribution in [0.2, 0.25) is 0 Å². The first-order valence-corrected chi connectivity index (χ1v) is 7.89. The summed E-state index contributed by atoms with van der Waals surface area (Å²) in [6.07, 6.45) is 0. The Kier molecular flexibility index (Phi) is 5.11. The van der Waals surface area contributed by atoms with Crippen LogP contribution in [-0.2, 0) is 0 Å². The molecule has 0 aliphatic carbocycles. The smallest absolute Gasteiger partial charge is 0.161 e. The van der Waals surface area contributed by atoms with Crippen LogP contribution >= 0.6 is 31.9 Å². The third-order valence-electron chi connectivity index (χ3n) is 3.15. The topological polar surface area (TPSA) is 18.5 Å². The summed E-state index contributed by atoms with van der Waals surface area (Å²) in [5, 5.41) is 0. The number of alkyl halides is 1. The van der Waals surface area contributed by atoms with Crippen molar-refractivity contribution in [3.05, 3.63) is 57.6 Å². The second-order valence-corrected chi connectivity index (χ2v) is 6.27. The fraction of sp³-hybridized carbons (Fsp3) is 0.250. The van der Waals surface area contributed by atoms with Crippen LogP contribution in [0.15, 0.2) is 40.9 Å². The van der Waals surface area contributed by atoms with Gasteiger partial charge in [-0.1, -0.05) is 61.7 Å². The maximum Gasteiger partial charge on any atom is 0.161 e. The third-order valence-corrected chi connectivity index (χ3v) is 4.85. The fourth-order valence-electron chi connectivity index (χ4n) is 1.98. The standard InChI is InChI=1S/C16H16Br2O2/c1-10-4-6-11(7-5-10)16(18)12-8-14(19-2)15(20-3)9-13(12)17/h4-9,16H,1-3H3. The summed E-state index contributed by atoms with van der Waals surface area (Å²) < 4.78 is 11.7. The van der Waals surface area contributed by atoms with Gasteiger partial charge in [-0.3, -0.25) is 0 Å². The highest BCUT2D eigenvalue weighted by atomic mass is 79.9. The molecule has 0 amide bonds. The van der Waals surface area contributed by atoms with Crippen LogP contribution in [0.3, 0.4) is 0 Å². The molecule has 0 fully saturated rings. The van der Waals surface area contributed by atoms with Crippen molar-refractivity contribution in [2.24, 2.45) is 0 Å². The Labute approximate surface area is 136 Å². The van der Waals surface area contributed by atoms with Gasteiger partial charge in [0.05, 0.1) is 19.0 Å². The summed E-state index contributed by atoms with van der Waals surface area (Å²) in [5.74, 6) is 1.44. The molecule has 20 heavy (non-hydrogen) atoms. The fourth-order valence-corrected chi connectivity index (χ4v) is 3.52. The van der Waals surface area contributed by atoms with Gasteiger partial charge in [0.2, 0.25) is 0 Å². The van der Waals surface area contributed by atoms with E-state index in [-0.39, 0.29) is 4.83 Å². The van der Waals surface area contributed by atoms with Gasteiger partial charge in [0.25, 0.3) is 0 Å². The van der Waals surface area contributed by atoms with Crippen molar-refractivity contribution >= 4 is 31.9 Å². The first kappa shape index (κ1) is 15.4. The van der Waals surface area contributed by atoms with E-state index >= 15 is 0 Å². The molecule has 0 N–H and O–H groups in total. The molecule has 0 aliphatic heterocycles. The summed E-state index contributed by atoms with van der Waals surface area (Å²) in [6.45, 7) is 2.08. The van der Waals surface area contributed by atoms with Gasteiger partial charge in [0.1, 0.15) is 0 Å². The minimum atomic E-state index is 0.0947. The largest absolute Gasteiger partial charge is 0.493 e. The summed E-state index contributed by atoms with van der Waals surface area (Å²) in [5.41, 5.74) is 3.55. The molecule has 0 spiro atoms. The number of hydrogen-bond donors (Lipinski definition) is 0. The van der Waals surface area contributed by atoms with E-state index in [1.807, 2.05) is 12.1 Å². The van der Waals surface area contributed by atoms with E-state index in [2.05, 4.69) is 63.0 Å². The SMILES string of the molecule is COc1cc(Br)c(C(Br)c2ccc(C)cc2)cc1OC. The molecule has 2 aromatic rings. The van der Waals surface area contributed by atoms with Crippen molar-refractivity contribution < 1.29 is 9.47 Å². The van der Waals surface area contributed by atoms with Crippen molar-refractivity contribution in [2.75, 3.05) is 14.2 Å². The highest BCUT2D eigenvalue weighted by molar-refractivity contribution is 9.11. The van der Waals surface area contributed by atoms with Crippen LogP contribution in [0.4, 0.5) is 0 Å². The molecular weight excluding hydrogens is 384 g/mol. The maximum absolute atomic E-state index is 5.37. The van der Waals surface area contributed by atoms with Gasteiger partial charge in [-0.25, -0.2) is 0 Å². The minimum absolute atomic E-state index is 0.0947. The molecule has 0 bridgehead atoms. The monoisotopic (exact) mass is 398 g/mol. The number of hydrogen-bond acceptors (Lipinski definition) is 2. The van der Waals surface area contributed by atoms with Crippen LogP contribution in [0.25, 0.3) is 0 Å². The van der Waals surface area contributed by atoms with Gasteiger partial charge in [-0.05, 0) is 30.2 Å². The lowest BCUT2D eigenvalue weighted by atomic mass is 10.0. The number of methoxy groups -OCH3 is 2. The molecule has 0 saturated heterocycles. The van der Waals surface area contributed by atoms with Crippen LogP contribution in [0, 0.1) is 6.92 Å². The molecule has 0 aliphatic rings. The van der Waals surface area contributed by atoms with Crippen molar-refractivity contribution in [1.82, 2.24) is 0 Å². The lowest BCUT2D eigenvalue weighted by molar-refractivity contribution is 0.354. The zero-order chi connectivity index (χ0) is 14.7. The van der Waals surface area contributed by atoms with Crippen molar-refractivity contribution in [1.29, 1.82) is 0 Å². The predicted molar refractivity (Wildman–Crippen MR) is 89.2 cm³/mol. The molecule has 0 heterocycles. The van der Waals surface area contributed by atoms with Gasteiger partial charge in [0.15, 0.2) is 11.5 Å². The van der Waals surface area contributed by atoms with E-state index in [4.69, 9.17) is 9.47 Å². The zero-order valence-electron chi connectivity index (χ0n) is 11.6.